The van der Waals surface area contributed by atoms with Gasteiger partial charge in [0, 0.05) is 0 Å². The Morgan fingerprint density at radius 3 is 2.28 bits per heavy atom. The zero-order chi connectivity index (χ0) is 20.6. The highest BCUT2D eigenvalue weighted by Gasteiger charge is 2.35. The highest BCUT2D eigenvalue weighted by atomic mass is 19.1. The summed E-state index contributed by atoms with van der Waals surface area (Å²) in [5.41, 5.74) is 0.615. The van der Waals surface area contributed by atoms with Gasteiger partial charge in [-0.2, -0.15) is 0 Å². The molecule has 0 radical (unpaired) electrons. The Morgan fingerprint density at radius 1 is 0.931 bits per heavy atom. The number of halogens is 1. The van der Waals surface area contributed by atoms with Crippen molar-refractivity contribution in [3.63, 3.8) is 0 Å². The molecule has 164 valence electrons. The largest absolute Gasteiger partial charge is 0.385 e. The van der Waals surface area contributed by atoms with E-state index in [-0.39, 0.29) is 5.82 Å². The topological polar surface area (TPSA) is 20.2 Å². The van der Waals surface area contributed by atoms with Crippen LogP contribution in [-0.2, 0) is 5.60 Å². The predicted octanol–water partition coefficient (Wildman–Crippen LogP) is 8.29. The fourth-order valence-corrected chi connectivity index (χ4v) is 6.12. The normalized spacial score (nSPS) is 27.1. The summed E-state index contributed by atoms with van der Waals surface area (Å²) in [6.45, 7) is 2.31. The number of rotatable bonds is 10. The zero-order valence-corrected chi connectivity index (χ0v) is 18.7. The molecule has 29 heavy (non-hydrogen) atoms. The van der Waals surface area contributed by atoms with E-state index in [0.29, 0.717) is 5.41 Å². The third kappa shape index (κ3) is 6.54. The van der Waals surface area contributed by atoms with E-state index in [1.54, 1.807) is 6.07 Å². The zero-order valence-electron chi connectivity index (χ0n) is 18.7. The van der Waals surface area contributed by atoms with Crippen molar-refractivity contribution >= 4 is 0 Å². The summed E-state index contributed by atoms with van der Waals surface area (Å²) in [6, 6.07) is 6.57. The van der Waals surface area contributed by atoms with Crippen molar-refractivity contribution in [2.75, 3.05) is 0 Å². The van der Waals surface area contributed by atoms with Crippen LogP contribution >= 0.6 is 0 Å². The first kappa shape index (κ1) is 22.8. The van der Waals surface area contributed by atoms with Gasteiger partial charge in [0.25, 0.3) is 0 Å². The molecule has 1 aromatic rings. The molecule has 2 heteroatoms. The van der Waals surface area contributed by atoms with Gasteiger partial charge in [0.2, 0.25) is 0 Å². The second kappa shape index (κ2) is 10.9. The fraction of sp³-hybridized carbons (Fsp3) is 0.778. The fourth-order valence-electron chi connectivity index (χ4n) is 6.12. The molecule has 3 rings (SSSR count). The van der Waals surface area contributed by atoms with Crippen molar-refractivity contribution in [3.8, 4) is 0 Å². The maximum absolute atomic E-state index is 13.5. The maximum atomic E-state index is 13.5. The molecule has 0 spiro atoms. The Kier molecular flexibility index (Phi) is 8.59. The third-order valence-corrected chi connectivity index (χ3v) is 8.09. The van der Waals surface area contributed by atoms with Crippen LogP contribution in [0, 0.1) is 17.2 Å². The van der Waals surface area contributed by atoms with Gasteiger partial charge in [0.15, 0.2) is 0 Å². The predicted molar refractivity (Wildman–Crippen MR) is 120 cm³/mol. The molecule has 0 heterocycles. The van der Waals surface area contributed by atoms with Crippen molar-refractivity contribution in [2.45, 2.75) is 122 Å². The van der Waals surface area contributed by atoms with Crippen molar-refractivity contribution < 1.29 is 9.50 Å². The molecule has 0 atom stereocenters. The molecule has 0 bridgehead atoms. The van der Waals surface area contributed by atoms with Gasteiger partial charge in [0.05, 0.1) is 5.60 Å². The van der Waals surface area contributed by atoms with Gasteiger partial charge in [0.1, 0.15) is 5.82 Å². The lowest BCUT2D eigenvalue weighted by atomic mass is 9.67. The Morgan fingerprint density at radius 2 is 1.62 bits per heavy atom. The second-order valence-corrected chi connectivity index (χ2v) is 10.2. The van der Waals surface area contributed by atoms with Crippen molar-refractivity contribution in [3.05, 3.63) is 35.6 Å². The molecule has 2 aliphatic carbocycles. The molecule has 0 amide bonds. The van der Waals surface area contributed by atoms with Crippen LogP contribution in [0.15, 0.2) is 24.3 Å². The van der Waals surface area contributed by atoms with E-state index >= 15 is 0 Å². The Labute approximate surface area is 178 Å². The summed E-state index contributed by atoms with van der Waals surface area (Å²) in [5, 5.41) is 11.0. The minimum atomic E-state index is -0.815. The molecule has 2 saturated carbocycles. The van der Waals surface area contributed by atoms with Gasteiger partial charge in [-0.3, -0.25) is 0 Å². The standard InChI is InChI=1S/C27H43FO/c1-2-3-6-16-26(17-7-4-8-18-26)19-9-5-11-23-14-20-27(29,21-15-23)24-12-10-13-25(28)22-24/h10,12-13,22-23,29H,2-9,11,14-21H2,1H3. The van der Waals surface area contributed by atoms with E-state index in [0.717, 1.165) is 37.2 Å². The smallest absolute Gasteiger partial charge is 0.123 e. The average molecular weight is 403 g/mol. The first-order valence-corrected chi connectivity index (χ1v) is 12.5. The second-order valence-electron chi connectivity index (χ2n) is 10.2. The summed E-state index contributed by atoms with van der Waals surface area (Å²) < 4.78 is 13.5. The van der Waals surface area contributed by atoms with Crippen LogP contribution in [0.1, 0.15) is 122 Å². The molecule has 0 saturated heterocycles. The average Bonchev–Trinajstić information content (AvgIpc) is 2.74. The lowest BCUT2D eigenvalue weighted by Crippen LogP contribution is -2.31. The number of aliphatic hydroxyl groups is 1. The Balaban J connectivity index is 1.40. The van der Waals surface area contributed by atoms with Gasteiger partial charge < -0.3 is 5.11 Å². The maximum Gasteiger partial charge on any atom is 0.123 e. The minimum Gasteiger partial charge on any atom is -0.385 e. The minimum absolute atomic E-state index is 0.242. The van der Waals surface area contributed by atoms with Crippen LogP contribution in [-0.4, -0.2) is 5.11 Å². The van der Waals surface area contributed by atoms with Crippen LogP contribution in [0.3, 0.4) is 0 Å². The highest BCUT2D eigenvalue weighted by molar-refractivity contribution is 5.23. The van der Waals surface area contributed by atoms with E-state index in [9.17, 15) is 9.50 Å². The van der Waals surface area contributed by atoms with Crippen LogP contribution < -0.4 is 0 Å². The third-order valence-electron chi connectivity index (χ3n) is 8.09. The molecule has 0 aliphatic heterocycles. The number of hydrogen-bond donors (Lipinski definition) is 1. The van der Waals surface area contributed by atoms with E-state index in [1.807, 2.05) is 6.07 Å². The van der Waals surface area contributed by atoms with Gasteiger partial charge >= 0.3 is 0 Å². The number of benzene rings is 1. The molecular weight excluding hydrogens is 359 g/mol. The monoisotopic (exact) mass is 402 g/mol. The highest BCUT2D eigenvalue weighted by Crippen LogP contribution is 2.45. The molecule has 1 nitrogen and oxygen atoms in total. The van der Waals surface area contributed by atoms with Gasteiger partial charge in [-0.1, -0.05) is 76.8 Å². The summed E-state index contributed by atoms with van der Waals surface area (Å²) >= 11 is 0. The van der Waals surface area contributed by atoms with Crippen molar-refractivity contribution in [2.24, 2.45) is 11.3 Å². The van der Waals surface area contributed by atoms with Gasteiger partial charge in [-0.05, 0) is 80.4 Å². The van der Waals surface area contributed by atoms with Crippen LogP contribution in [0.2, 0.25) is 0 Å². The molecule has 2 aliphatic rings. The molecule has 0 unspecified atom stereocenters. The lowest BCUT2D eigenvalue weighted by molar-refractivity contribution is -0.0157. The van der Waals surface area contributed by atoms with Crippen molar-refractivity contribution in [1.29, 1.82) is 0 Å². The molecule has 1 N–H and O–H groups in total. The van der Waals surface area contributed by atoms with Crippen LogP contribution in [0.25, 0.3) is 0 Å². The molecule has 1 aromatic carbocycles. The molecule has 0 aromatic heterocycles. The van der Waals surface area contributed by atoms with Crippen LogP contribution in [0.5, 0.6) is 0 Å². The van der Waals surface area contributed by atoms with Gasteiger partial charge in [-0.25, -0.2) is 4.39 Å². The number of hydrogen-bond acceptors (Lipinski definition) is 1. The quantitative estimate of drug-likeness (QED) is 0.390. The van der Waals surface area contributed by atoms with E-state index in [4.69, 9.17) is 0 Å². The van der Waals surface area contributed by atoms with E-state index in [1.165, 1.54) is 95.6 Å². The lowest BCUT2D eigenvalue weighted by Gasteiger charge is -2.38. The van der Waals surface area contributed by atoms with E-state index < -0.39 is 5.60 Å². The first-order valence-electron chi connectivity index (χ1n) is 12.5. The summed E-state index contributed by atoms with van der Waals surface area (Å²) in [6.07, 6.45) is 22.1. The summed E-state index contributed by atoms with van der Waals surface area (Å²) in [4.78, 5) is 0. The first-order chi connectivity index (χ1) is 14.1. The molecular formula is C27H43FO. The van der Waals surface area contributed by atoms with Crippen LogP contribution in [0.4, 0.5) is 4.39 Å². The Bertz CT molecular complexity index is 596. The van der Waals surface area contributed by atoms with Gasteiger partial charge in [-0.15, -0.1) is 0 Å². The van der Waals surface area contributed by atoms with Crippen molar-refractivity contribution in [1.82, 2.24) is 0 Å². The summed E-state index contributed by atoms with van der Waals surface area (Å²) in [7, 11) is 0. The SMILES string of the molecule is CCCCCC1(CCCCC2CCC(O)(c3cccc(F)c3)CC2)CCCCC1. The number of unbranched alkanes of at least 4 members (excludes halogenated alkanes) is 3. The summed E-state index contributed by atoms with van der Waals surface area (Å²) in [5.74, 6) is 0.500. The Hall–Kier alpha value is -0.890. The molecule has 2 fully saturated rings. The van der Waals surface area contributed by atoms with E-state index in [2.05, 4.69) is 6.92 Å².